The lowest BCUT2D eigenvalue weighted by molar-refractivity contribution is -0.142. The number of thioether (sulfide) groups is 1. The molecule has 0 heterocycles. The average molecular weight is 448 g/mol. The van der Waals surface area contributed by atoms with Crippen molar-refractivity contribution in [3.8, 4) is 0 Å². The van der Waals surface area contributed by atoms with E-state index in [1.54, 1.807) is 0 Å². The van der Waals surface area contributed by atoms with Crippen LogP contribution in [0.2, 0.25) is 0 Å². The maximum Gasteiger partial charge on any atom is 0.326 e. The van der Waals surface area contributed by atoms with Gasteiger partial charge in [0.2, 0.25) is 17.7 Å². The van der Waals surface area contributed by atoms with Gasteiger partial charge in [0.15, 0.2) is 0 Å². The molecule has 0 aromatic heterocycles. The molecule has 174 valence electrons. The van der Waals surface area contributed by atoms with Crippen LogP contribution >= 0.6 is 11.8 Å². The van der Waals surface area contributed by atoms with E-state index in [1.807, 2.05) is 20.1 Å². The van der Waals surface area contributed by atoms with Gasteiger partial charge in [-0.05, 0) is 50.2 Å². The zero-order chi connectivity index (χ0) is 23.1. The first-order chi connectivity index (χ1) is 14.2. The van der Waals surface area contributed by atoms with Crippen LogP contribution < -0.4 is 27.4 Å². The Labute approximate surface area is 182 Å². The van der Waals surface area contributed by atoms with Crippen molar-refractivity contribution in [2.45, 2.75) is 64.1 Å². The molecule has 0 spiro atoms. The minimum Gasteiger partial charge on any atom is -0.480 e. The van der Waals surface area contributed by atoms with E-state index in [1.165, 1.54) is 11.8 Å². The van der Waals surface area contributed by atoms with E-state index in [9.17, 15) is 24.3 Å². The highest BCUT2D eigenvalue weighted by atomic mass is 32.2. The van der Waals surface area contributed by atoms with Crippen molar-refractivity contribution in [1.82, 2.24) is 16.0 Å². The Kier molecular flexibility index (Phi) is 14.9. The van der Waals surface area contributed by atoms with Gasteiger partial charge in [-0.3, -0.25) is 14.4 Å². The number of hydrogen-bond acceptors (Lipinski definition) is 7. The predicted octanol–water partition coefficient (Wildman–Crippen LogP) is -0.588. The van der Waals surface area contributed by atoms with Crippen molar-refractivity contribution in [3.63, 3.8) is 0 Å². The van der Waals surface area contributed by atoms with Gasteiger partial charge in [-0.1, -0.05) is 20.3 Å². The summed E-state index contributed by atoms with van der Waals surface area (Å²) in [5, 5.41) is 16.9. The van der Waals surface area contributed by atoms with Crippen LogP contribution in [0.15, 0.2) is 0 Å². The number of carbonyl (C=O) groups is 4. The van der Waals surface area contributed by atoms with Crippen LogP contribution in [0.3, 0.4) is 0 Å². The van der Waals surface area contributed by atoms with Gasteiger partial charge in [-0.2, -0.15) is 11.8 Å². The highest BCUT2D eigenvalue weighted by Gasteiger charge is 2.26. The lowest BCUT2D eigenvalue weighted by Crippen LogP contribution is -2.54. The summed E-state index contributed by atoms with van der Waals surface area (Å²) in [5.74, 6) is -2.12. The van der Waals surface area contributed by atoms with E-state index in [0.717, 1.165) is 6.42 Å². The predicted molar refractivity (Wildman–Crippen MR) is 118 cm³/mol. The Hall–Kier alpha value is -1.85. The number of carboxylic acid groups (broad SMARTS) is 1. The van der Waals surface area contributed by atoms with Crippen molar-refractivity contribution < 1.29 is 24.3 Å². The highest BCUT2D eigenvalue weighted by Crippen LogP contribution is 2.06. The van der Waals surface area contributed by atoms with Crippen molar-refractivity contribution >= 4 is 35.5 Å². The summed E-state index contributed by atoms with van der Waals surface area (Å²) in [4.78, 5) is 48.2. The zero-order valence-corrected chi connectivity index (χ0v) is 18.9. The molecule has 0 fully saturated rings. The molecule has 4 atom stereocenters. The molecule has 0 bridgehead atoms. The van der Waals surface area contributed by atoms with E-state index in [-0.39, 0.29) is 18.9 Å². The molecule has 0 aromatic rings. The SMILES string of the molecule is CCC(C)C(N)C(=O)NCC(=O)NC(CCSC)C(=O)NC(CCCCN)C(=O)O. The Bertz CT molecular complexity index is 563. The average Bonchev–Trinajstić information content (AvgIpc) is 2.72. The minimum absolute atomic E-state index is 0.0274. The fraction of sp³-hybridized carbons (Fsp3) is 0.789. The monoisotopic (exact) mass is 447 g/mol. The molecule has 10 nitrogen and oxygen atoms in total. The van der Waals surface area contributed by atoms with E-state index in [0.29, 0.717) is 31.6 Å². The summed E-state index contributed by atoms with van der Waals surface area (Å²) in [7, 11) is 0. The molecule has 0 aliphatic heterocycles. The van der Waals surface area contributed by atoms with Crippen LogP contribution in [-0.2, 0) is 19.2 Å². The van der Waals surface area contributed by atoms with Crippen LogP contribution in [-0.4, -0.2) is 72.0 Å². The number of aliphatic carboxylic acids is 1. The first-order valence-corrected chi connectivity index (χ1v) is 11.6. The number of hydrogen-bond donors (Lipinski definition) is 6. The molecule has 4 unspecified atom stereocenters. The minimum atomic E-state index is -1.14. The highest BCUT2D eigenvalue weighted by molar-refractivity contribution is 7.98. The van der Waals surface area contributed by atoms with Crippen molar-refractivity contribution in [3.05, 3.63) is 0 Å². The maximum atomic E-state index is 12.6. The maximum absolute atomic E-state index is 12.6. The quantitative estimate of drug-likeness (QED) is 0.170. The molecule has 0 aliphatic rings. The fourth-order valence-electron chi connectivity index (χ4n) is 2.57. The Morgan fingerprint density at radius 2 is 1.70 bits per heavy atom. The van der Waals surface area contributed by atoms with E-state index in [2.05, 4.69) is 16.0 Å². The third kappa shape index (κ3) is 11.4. The van der Waals surface area contributed by atoms with Gasteiger partial charge in [0.05, 0.1) is 12.6 Å². The Balaban J connectivity index is 4.84. The molecular weight excluding hydrogens is 410 g/mol. The normalized spacial score (nSPS) is 14.8. The number of rotatable bonds is 16. The molecule has 0 radical (unpaired) electrons. The molecule has 0 aromatic carbocycles. The van der Waals surface area contributed by atoms with Crippen LogP contribution in [0.25, 0.3) is 0 Å². The smallest absolute Gasteiger partial charge is 0.326 e. The number of carbonyl (C=O) groups excluding carboxylic acids is 3. The summed E-state index contributed by atoms with van der Waals surface area (Å²) in [5.41, 5.74) is 11.3. The van der Waals surface area contributed by atoms with Gasteiger partial charge in [-0.25, -0.2) is 4.79 Å². The van der Waals surface area contributed by atoms with Gasteiger partial charge >= 0.3 is 5.97 Å². The van der Waals surface area contributed by atoms with E-state index < -0.39 is 41.8 Å². The second-order valence-corrected chi connectivity index (χ2v) is 8.20. The second kappa shape index (κ2) is 15.9. The molecule has 11 heteroatoms. The molecule has 0 saturated heterocycles. The molecule has 0 saturated carbocycles. The molecule has 0 rings (SSSR count). The summed E-state index contributed by atoms with van der Waals surface area (Å²) in [6.07, 6.45) is 4.40. The summed E-state index contributed by atoms with van der Waals surface area (Å²) >= 11 is 1.50. The van der Waals surface area contributed by atoms with Crippen LogP contribution in [0.5, 0.6) is 0 Å². The number of unbranched alkanes of at least 4 members (excludes halogenated alkanes) is 1. The van der Waals surface area contributed by atoms with Crippen LogP contribution in [0, 0.1) is 5.92 Å². The van der Waals surface area contributed by atoms with Gasteiger partial charge in [0.25, 0.3) is 0 Å². The van der Waals surface area contributed by atoms with Crippen LogP contribution in [0.4, 0.5) is 0 Å². The zero-order valence-electron chi connectivity index (χ0n) is 18.1. The first kappa shape index (κ1) is 28.1. The fourth-order valence-corrected chi connectivity index (χ4v) is 3.04. The summed E-state index contributed by atoms with van der Waals surface area (Å²) in [6, 6.07) is -2.67. The van der Waals surface area contributed by atoms with Crippen molar-refractivity contribution in [1.29, 1.82) is 0 Å². The third-order valence-electron chi connectivity index (χ3n) is 4.81. The second-order valence-electron chi connectivity index (χ2n) is 7.21. The number of amides is 3. The summed E-state index contributed by atoms with van der Waals surface area (Å²) < 4.78 is 0. The third-order valence-corrected chi connectivity index (χ3v) is 5.45. The number of nitrogens with two attached hydrogens (primary N) is 2. The Morgan fingerprint density at radius 1 is 1.03 bits per heavy atom. The van der Waals surface area contributed by atoms with Gasteiger partial charge in [0, 0.05) is 0 Å². The van der Waals surface area contributed by atoms with Gasteiger partial charge in [0.1, 0.15) is 12.1 Å². The van der Waals surface area contributed by atoms with Crippen LogP contribution in [0.1, 0.15) is 46.0 Å². The Morgan fingerprint density at radius 3 is 2.23 bits per heavy atom. The van der Waals surface area contributed by atoms with Gasteiger partial charge in [-0.15, -0.1) is 0 Å². The van der Waals surface area contributed by atoms with E-state index in [4.69, 9.17) is 11.5 Å². The number of nitrogens with one attached hydrogen (secondary N) is 3. The molecular formula is C19H37N5O5S. The summed E-state index contributed by atoms with van der Waals surface area (Å²) in [6.45, 7) is 3.89. The largest absolute Gasteiger partial charge is 0.480 e. The lowest BCUT2D eigenvalue weighted by Gasteiger charge is -2.22. The number of carboxylic acids is 1. The molecule has 3 amide bonds. The lowest BCUT2D eigenvalue weighted by atomic mass is 9.99. The molecule has 8 N–H and O–H groups in total. The molecule has 0 aliphatic carbocycles. The first-order valence-electron chi connectivity index (χ1n) is 10.2. The van der Waals surface area contributed by atoms with Gasteiger partial charge < -0.3 is 32.5 Å². The topological polar surface area (TPSA) is 177 Å². The van der Waals surface area contributed by atoms with E-state index >= 15 is 0 Å². The van der Waals surface area contributed by atoms with Crippen molar-refractivity contribution in [2.24, 2.45) is 17.4 Å². The standard InChI is InChI=1S/C19H37N5O5S/c1-4-12(2)16(21)18(27)22-11-15(25)23-13(8-10-30-3)17(26)24-14(19(28)29)7-5-6-9-20/h12-14,16H,4-11,20-21H2,1-3H3,(H,22,27)(H,23,25)(H,24,26)(H,28,29). The molecule has 30 heavy (non-hydrogen) atoms. The van der Waals surface area contributed by atoms with Crippen molar-refractivity contribution in [2.75, 3.05) is 25.1 Å².